The number of thiophene rings is 1. The van der Waals surface area contributed by atoms with Gasteiger partial charge >= 0.3 is 5.97 Å². The van der Waals surface area contributed by atoms with Crippen LogP contribution in [-0.4, -0.2) is 29.2 Å². The van der Waals surface area contributed by atoms with Gasteiger partial charge in [-0.2, -0.15) is 5.10 Å². The molecule has 1 amide bonds. The van der Waals surface area contributed by atoms with E-state index >= 15 is 0 Å². The molecule has 2 aliphatic rings. The van der Waals surface area contributed by atoms with Gasteiger partial charge in [-0.1, -0.05) is 19.3 Å². The minimum absolute atomic E-state index is 0.0759. The lowest BCUT2D eigenvalue weighted by atomic mass is 9.88. The van der Waals surface area contributed by atoms with Gasteiger partial charge in [0.05, 0.1) is 7.11 Å². The average molecular weight is 359 g/mol. The standard InChI is InChI=1S/C18H21N3O3S/c1-24-18(23)16-15-11(9-14(22)19-17(15)21-20-16)13-8-7-12(25-13)10-5-3-2-4-6-10/h7-8,10-11H,2-6,9H2,1H3,(H2,19,20,21,22). The number of aromatic nitrogens is 2. The highest BCUT2D eigenvalue weighted by atomic mass is 32.1. The molecule has 1 fully saturated rings. The minimum Gasteiger partial charge on any atom is -0.464 e. The van der Waals surface area contributed by atoms with Gasteiger partial charge in [0.2, 0.25) is 5.91 Å². The molecule has 2 aromatic heterocycles. The van der Waals surface area contributed by atoms with Gasteiger partial charge in [-0.15, -0.1) is 11.3 Å². The number of hydrogen-bond donors (Lipinski definition) is 2. The predicted octanol–water partition coefficient (Wildman–Crippen LogP) is 3.78. The third kappa shape index (κ3) is 2.97. The number of carbonyl (C=O) groups is 2. The van der Waals surface area contributed by atoms with Gasteiger partial charge in [0.25, 0.3) is 0 Å². The Morgan fingerprint density at radius 3 is 2.76 bits per heavy atom. The molecule has 1 saturated carbocycles. The average Bonchev–Trinajstić information content (AvgIpc) is 3.28. The third-order valence-corrected chi connectivity index (χ3v) is 6.55. The third-order valence-electron chi connectivity index (χ3n) is 5.19. The van der Waals surface area contributed by atoms with E-state index in [-0.39, 0.29) is 11.8 Å². The van der Waals surface area contributed by atoms with Gasteiger partial charge in [-0.3, -0.25) is 9.89 Å². The Hall–Kier alpha value is -2.15. The molecule has 132 valence electrons. The van der Waals surface area contributed by atoms with Crippen LogP contribution in [0.15, 0.2) is 12.1 Å². The van der Waals surface area contributed by atoms with E-state index in [1.807, 2.05) is 0 Å². The quantitative estimate of drug-likeness (QED) is 0.817. The van der Waals surface area contributed by atoms with Crippen molar-refractivity contribution in [2.24, 2.45) is 0 Å². The van der Waals surface area contributed by atoms with Crippen LogP contribution in [0.25, 0.3) is 0 Å². The zero-order valence-corrected chi connectivity index (χ0v) is 14.9. The maximum Gasteiger partial charge on any atom is 0.356 e. The molecule has 4 rings (SSSR count). The molecule has 3 heterocycles. The first-order chi connectivity index (χ1) is 12.2. The minimum atomic E-state index is -0.459. The molecule has 0 radical (unpaired) electrons. The number of H-pyrrole nitrogens is 1. The summed E-state index contributed by atoms with van der Waals surface area (Å²) >= 11 is 1.77. The number of rotatable bonds is 3. The van der Waals surface area contributed by atoms with Crippen LogP contribution >= 0.6 is 11.3 Å². The number of esters is 1. The van der Waals surface area contributed by atoms with Crippen LogP contribution in [-0.2, 0) is 9.53 Å². The summed E-state index contributed by atoms with van der Waals surface area (Å²) in [6.07, 6.45) is 6.73. The molecule has 0 bridgehead atoms. The van der Waals surface area contributed by atoms with E-state index in [1.54, 1.807) is 11.3 Å². The van der Waals surface area contributed by atoms with Crippen LogP contribution in [0.5, 0.6) is 0 Å². The summed E-state index contributed by atoms with van der Waals surface area (Å²) in [7, 11) is 1.35. The van der Waals surface area contributed by atoms with Gasteiger partial charge in [0, 0.05) is 27.7 Å². The van der Waals surface area contributed by atoms with Crippen LogP contribution in [0.2, 0.25) is 0 Å². The van der Waals surface area contributed by atoms with Gasteiger partial charge in [-0.05, 0) is 30.9 Å². The second kappa shape index (κ2) is 6.63. The molecule has 0 spiro atoms. The predicted molar refractivity (Wildman–Crippen MR) is 95.2 cm³/mol. The Morgan fingerprint density at radius 1 is 1.24 bits per heavy atom. The van der Waals surface area contributed by atoms with E-state index in [9.17, 15) is 9.59 Å². The van der Waals surface area contributed by atoms with E-state index in [1.165, 1.54) is 44.1 Å². The van der Waals surface area contributed by atoms with Crippen molar-refractivity contribution < 1.29 is 14.3 Å². The van der Waals surface area contributed by atoms with E-state index in [2.05, 4.69) is 27.6 Å². The van der Waals surface area contributed by atoms with Gasteiger partial charge in [-0.25, -0.2) is 4.79 Å². The summed E-state index contributed by atoms with van der Waals surface area (Å²) < 4.78 is 4.85. The maximum absolute atomic E-state index is 12.1. The highest BCUT2D eigenvalue weighted by Crippen LogP contribution is 2.44. The van der Waals surface area contributed by atoms with Crippen molar-refractivity contribution in [2.45, 2.75) is 50.4 Å². The molecule has 1 aliphatic heterocycles. The molecular weight excluding hydrogens is 338 g/mol. The van der Waals surface area contributed by atoms with Gasteiger partial charge in [0.1, 0.15) is 5.69 Å². The van der Waals surface area contributed by atoms with E-state index < -0.39 is 5.97 Å². The first kappa shape index (κ1) is 16.3. The smallest absolute Gasteiger partial charge is 0.356 e. The molecule has 1 unspecified atom stereocenters. The van der Waals surface area contributed by atoms with Crippen molar-refractivity contribution in [1.82, 2.24) is 10.2 Å². The lowest BCUT2D eigenvalue weighted by Crippen LogP contribution is -2.24. The Balaban J connectivity index is 1.69. The van der Waals surface area contributed by atoms with Crippen LogP contribution < -0.4 is 5.32 Å². The van der Waals surface area contributed by atoms with Crippen molar-refractivity contribution in [2.75, 3.05) is 12.4 Å². The highest BCUT2D eigenvalue weighted by Gasteiger charge is 2.35. The second-order valence-electron chi connectivity index (χ2n) is 6.73. The van der Waals surface area contributed by atoms with Gasteiger partial charge in [0.15, 0.2) is 5.82 Å². The molecule has 0 saturated heterocycles. The van der Waals surface area contributed by atoms with Crippen molar-refractivity contribution >= 4 is 29.0 Å². The highest BCUT2D eigenvalue weighted by molar-refractivity contribution is 7.12. The molecule has 7 heteroatoms. The summed E-state index contributed by atoms with van der Waals surface area (Å²) in [6, 6.07) is 4.30. The lowest BCUT2D eigenvalue weighted by molar-refractivity contribution is -0.116. The summed E-state index contributed by atoms with van der Waals surface area (Å²) in [5, 5.41) is 9.56. The van der Waals surface area contributed by atoms with Gasteiger partial charge < -0.3 is 10.1 Å². The molecule has 2 N–H and O–H groups in total. The number of aromatic amines is 1. The molecule has 0 aromatic carbocycles. The van der Waals surface area contributed by atoms with Crippen molar-refractivity contribution in [3.05, 3.63) is 33.1 Å². The van der Waals surface area contributed by atoms with Crippen molar-refractivity contribution in [3.8, 4) is 0 Å². The summed E-state index contributed by atoms with van der Waals surface area (Å²) in [6.45, 7) is 0. The van der Waals surface area contributed by atoms with Crippen LogP contribution in [0, 0.1) is 0 Å². The molecule has 25 heavy (non-hydrogen) atoms. The lowest BCUT2D eigenvalue weighted by Gasteiger charge is -2.22. The Kier molecular flexibility index (Phi) is 4.33. The van der Waals surface area contributed by atoms with E-state index in [0.717, 1.165) is 10.4 Å². The van der Waals surface area contributed by atoms with Crippen LogP contribution in [0.1, 0.15) is 76.2 Å². The summed E-state index contributed by atoms with van der Waals surface area (Å²) in [5.74, 6) is 0.383. The fourth-order valence-electron chi connectivity index (χ4n) is 3.92. The number of anilines is 1. The zero-order valence-electron chi connectivity index (χ0n) is 14.1. The second-order valence-corrected chi connectivity index (χ2v) is 7.88. The molecule has 1 aliphatic carbocycles. The topological polar surface area (TPSA) is 84.1 Å². The summed E-state index contributed by atoms with van der Waals surface area (Å²) in [5.41, 5.74) is 1.07. The van der Waals surface area contributed by atoms with Crippen molar-refractivity contribution in [3.63, 3.8) is 0 Å². The Labute approximate surface area is 150 Å². The molecule has 2 aromatic rings. The number of nitrogens with one attached hydrogen (secondary N) is 2. The largest absolute Gasteiger partial charge is 0.464 e. The molecule has 6 nitrogen and oxygen atoms in total. The fourth-order valence-corrected chi connectivity index (χ4v) is 5.21. The molecular formula is C18H21N3O3S. The Bertz CT molecular complexity index is 804. The molecule has 1 atom stereocenters. The van der Waals surface area contributed by atoms with Crippen molar-refractivity contribution in [1.29, 1.82) is 0 Å². The van der Waals surface area contributed by atoms with Crippen LogP contribution in [0.4, 0.5) is 5.82 Å². The van der Waals surface area contributed by atoms with E-state index in [0.29, 0.717) is 23.9 Å². The number of methoxy groups -OCH3 is 1. The maximum atomic E-state index is 12.1. The number of hydrogen-bond acceptors (Lipinski definition) is 5. The first-order valence-electron chi connectivity index (χ1n) is 8.73. The number of amides is 1. The van der Waals surface area contributed by atoms with E-state index in [4.69, 9.17) is 4.74 Å². The zero-order chi connectivity index (χ0) is 17.4. The number of nitrogens with zero attached hydrogens (tertiary/aromatic N) is 1. The number of fused-ring (bicyclic) bond motifs is 1. The normalized spacial score (nSPS) is 20.8. The van der Waals surface area contributed by atoms with Crippen LogP contribution in [0.3, 0.4) is 0 Å². The number of carbonyl (C=O) groups excluding carboxylic acids is 2. The Morgan fingerprint density at radius 2 is 2.00 bits per heavy atom. The number of ether oxygens (including phenoxy) is 1. The fraction of sp³-hybridized carbons (Fsp3) is 0.500. The monoisotopic (exact) mass is 359 g/mol. The summed E-state index contributed by atoms with van der Waals surface area (Å²) in [4.78, 5) is 26.7. The SMILES string of the molecule is COC(=O)c1[nH]nc2c1C(c1ccc(C3CCCCC3)s1)CC(=O)N2. The first-order valence-corrected chi connectivity index (χ1v) is 9.55.